The van der Waals surface area contributed by atoms with Gasteiger partial charge in [-0.2, -0.15) is 0 Å². The number of aromatic nitrogens is 1. The van der Waals surface area contributed by atoms with Gasteiger partial charge in [0.05, 0.1) is 16.8 Å². The normalized spacial score (nSPS) is 16.2. The second-order valence-corrected chi connectivity index (χ2v) is 7.43. The van der Waals surface area contributed by atoms with Crippen molar-refractivity contribution in [3.8, 4) is 5.75 Å². The van der Waals surface area contributed by atoms with Gasteiger partial charge in [0.2, 0.25) is 5.91 Å². The third-order valence-corrected chi connectivity index (χ3v) is 5.55. The Kier molecular flexibility index (Phi) is 7.47. The number of hydrogen-bond acceptors (Lipinski definition) is 5. The van der Waals surface area contributed by atoms with Crippen molar-refractivity contribution in [3.63, 3.8) is 0 Å². The van der Waals surface area contributed by atoms with Gasteiger partial charge in [0.1, 0.15) is 5.75 Å². The summed E-state index contributed by atoms with van der Waals surface area (Å²) in [7, 11) is 0. The highest BCUT2D eigenvalue weighted by atomic mass is 35.5. The topological polar surface area (TPSA) is 63.2 Å². The zero-order valence-electron chi connectivity index (χ0n) is 14.7. The van der Waals surface area contributed by atoms with Gasteiger partial charge < -0.3 is 15.4 Å². The number of carbonyl (C=O) groups excluding carboxylic acids is 1. The van der Waals surface area contributed by atoms with Gasteiger partial charge in [0, 0.05) is 6.42 Å². The zero-order chi connectivity index (χ0) is 16.9. The number of ether oxygens (including phenoxy) is 1. The maximum atomic E-state index is 12.3. The van der Waals surface area contributed by atoms with E-state index in [0.29, 0.717) is 30.0 Å². The molecule has 1 atom stereocenters. The molecular weight excluding hydrogens is 358 g/mol. The Labute approximate surface area is 159 Å². The minimum Gasteiger partial charge on any atom is -0.494 e. The molecule has 0 bridgehead atoms. The van der Waals surface area contributed by atoms with Crippen LogP contribution in [0.2, 0.25) is 0 Å². The summed E-state index contributed by atoms with van der Waals surface area (Å²) in [5.41, 5.74) is 0.894. The van der Waals surface area contributed by atoms with Gasteiger partial charge >= 0.3 is 0 Å². The first-order valence-corrected chi connectivity index (χ1v) is 9.51. The fourth-order valence-electron chi connectivity index (χ4n) is 3.26. The van der Waals surface area contributed by atoms with E-state index in [0.717, 1.165) is 41.9 Å². The summed E-state index contributed by atoms with van der Waals surface area (Å²) in [5, 5.41) is 7.00. The molecule has 5 nitrogen and oxygen atoms in total. The van der Waals surface area contributed by atoms with E-state index >= 15 is 0 Å². The summed E-state index contributed by atoms with van der Waals surface area (Å²) in [6.45, 7) is 6.92. The van der Waals surface area contributed by atoms with Gasteiger partial charge in [-0.3, -0.25) is 4.79 Å². The minimum atomic E-state index is 0. The Morgan fingerprint density at radius 2 is 2.20 bits per heavy atom. The number of carbonyl (C=O) groups is 1. The van der Waals surface area contributed by atoms with E-state index < -0.39 is 0 Å². The number of fused-ring (bicyclic) bond motifs is 1. The van der Waals surface area contributed by atoms with Gasteiger partial charge in [-0.1, -0.05) is 18.3 Å². The average Bonchev–Trinajstić information content (AvgIpc) is 2.97. The molecule has 2 heterocycles. The summed E-state index contributed by atoms with van der Waals surface area (Å²) >= 11 is 1.50. The molecule has 25 heavy (non-hydrogen) atoms. The Bertz CT molecular complexity index is 701. The van der Waals surface area contributed by atoms with E-state index in [1.54, 1.807) is 0 Å². The van der Waals surface area contributed by atoms with E-state index in [9.17, 15) is 4.79 Å². The summed E-state index contributed by atoms with van der Waals surface area (Å²) < 4.78 is 6.54. The molecule has 3 rings (SSSR count). The van der Waals surface area contributed by atoms with Gasteiger partial charge in [-0.05, 0) is 62.9 Å². The average molecular weight is 384 g/mol. The molecule has 0 saturated carbocycles. The number of rotatable bonds is 6. The fourth-order valence-corrected chi connectivity index (χ4v) is 4.17. The molecule has 1 fully saturated rings. The van der Waals surface area contributed by atoms with Crippen molar-refractivity contribution in [2.45, 2.75) is 33.1 Å². The molecule has 0 aliphatic carbocycles. The molecule has 138 valence electrons. The summed E-state index contributed by atoms with van der Waals surface area (Å²) in [6.07, 6.45) is 2.89. The third-order valence-electron chi connectivity index (χ3n) is 4.61. The highest BCUT2D eigenvalue weighted by Crippen LogP contribution is 2.30. The number of amides is 1. The van der Waals surface area contributed by atoms with Crippen LogP contribution in [-0.2, 0) is 4.79 Å². The lowest BCUT2D eigenvalue weighted by Gasteiger charge is -2.27. The molecule has 7 heteroatoms. The number of nitrogens with zero attached hydrogens (tertiary/aromatic N) is 1. The van der Waals surface area contributed by atoms with Crippen LogP contribution in [0.3, 0.4) is 0 Å². The lowest BCUT2D eigenvalue weighted by Crippen LogP contribution is -2.32. The highest BCUT2D eigenvalue weighted by molar-refractivity contribution is 7.22. The van der Waals surface area contributed by atoms with Crippen LogP contribution in [0, 0.1) is 11.8 Å². The van der Waals surface area contributed by atoms with Gasteiger partial charge in [-0.25, -0.2) is 4.98 Å². The summed E-state index contributed by atoms with van der Waals surface area (Å²) in [4.78, 5) is 16.8. The molecule has 1 amide bonds. The smallest absolute Gasteiger partial charge is 0.226 e. The molecule has 1 aromatic carbocycles. The molecule has 0 spiro atoms. The molecule has 2 N–H and O–H groups in total. The SMILES string of the molecule is CCOc1ccc2nc(NC(=O)CC(C)C3CCNCC3)sc2c1.Cl. The monoisotopic (exact) mass is 383 g/mol. The number of thiazole rings is 1. The van der Waals surface area contributed by atoms with E-state index in [4.69, 9.17) is 4.74 Å². The van der Waals surface area contributed by atoms with Crippen LogP contribution in [0.1, 0.15) is 33.1 Å². The third kappa shape index (κ3) is 5.30. The Morgan fingerprint density at radius 1 is 1.44 bits per heavy atom. The number of anilines is 1. The van der Waals surface area contributed by atoms with Crippen molar-refractivity contribution in [1.29, 1.82) is 0 Å². The van der Waals surface area contributed by atoms with Gasteiger partial charge in [0.25, 0.3) is 0 Å². The quantitative estimate of drug-likeness (QED) is 0.788. The van der Waals surface area contributed by atoms with Crippen molar-refractivity contribution in [3.05, 3.63) is 18.2 Å². The van der Waals surface area contributed by atoms with Crippen LogP contribution < -0.4 is 15.4 Å². The Hall–Kier alpha value is -1.37. The number of nitrogens with one attached hydrogen (secondary N) is 2. The van der Waals surface area contributed by atoms with Crippen molar-refractivity contribution in [2.75, 3.05) is 25.0 Å². The van der Waals surface area contributed by atoms with Crippen molar-refractivity contribution in [1.82, 2.24) is 10.3 Å². The molecular formula is C18H26ClN3O2S. The Morgan fingerprint density at radius 3 is 2.92 bits per heavy atom. The van der Waals surface area contributed by atoms with Crippen LogP contribution >= 0.6 is 23.7 Å². The molecule has 1 unspecified atom stereocenters. The molecule has 1 aromatic heterocycles. The van der Waals surface area contributed by atoms with E-state index in [1.165, 1.54) is 11.3 Å². The lowest BCUT2D eigenvalue weighted by molar-refractivity contribution is -0.117. The summed E-state index contributed by atoms with van der Waals surface area (Å²) in [5.74, 6) is 1.95. The van der Waals surface area contributed by atoms with Crippen molar-refractivity contribution < 1.29 is 9.53 Å². The predicted molar refractivity (Wildman–Crippen MR) is 106 cm³/mol. The zero-order valence-corrected chi connectivity index (χ0v) is 16.3. The number of benzene rings is 1. The summed E-state index contributed by atoms with van der Waals surface area (Å²) in [6, 6.07) is 5.82. The number of hydrogen-bond donors (Lipinski definition) is 2. The highest BCUT2D eigenvalue weighted by Gasteiger charge is 2.22. The fraction of sp³-hybridized carbons (Fsp3) is 0.556. The standard InChI is InChI=1S/C18H25N3O2S.ClH/c1-3-23-14-4-5-15-16(11-14)24-18(20-15)21-17(22)10-12(2)13-6-8-19-9-7-13;/h4-5,11-13,19H,3,6-10H2,1-2H3,(H,20,21,22);1H. The van der Waals surface area contributed by atoms with E-state index in [-0.39, 0.29) is 18.3 Å². The second kappa shape index (κ2) is 9.36. The maximum Gasteiger partial charge on any atom is 0.226 e. The lowest BCUT2D eigenvalue weighted by atomic mass is 9.84. The Balaban J connectivity index is 0.00000225. The van der Waals surface area contributed by atoms with Gasteiger partial charge in [0.15, 0.2) is 5.13 Å². The van der Waals surface area contributed by atoms with Crippen molar-refractivity contribution in [2.24, 2.45) is 11.8 Å². The molecule has 2 aromatic rings. The van der Waals surface area contributed by atoms with Crippen LogP contribution in [-0.4, -0.2) is 30.6 Å². The van der Waals surface area contributed by atoms with Crippen LogP contribution in [0.4, 0.5) is 5.13 Å². The van der Waals surface area contributed by atoms with Crippen LogP contribution in [0.15, 0.2) is 18.2 Å². The number of halogens is 1. The van der Waals surface area contributed by atoms with Gasteiger partial charge in [-0.15, -0.1) is 12.4 Å². The van der Waals surface area contributed by atoms with Crippen LogP contribution in [0.25, 0.3) is 10.2 Å². The molecule has 1 aliphatic heterocycles. The first-order valence-electron chi connectivity index (χ1n) is 8.69. The van der Waals surface area contributed by atoms with Crippen LogP contribution in [0.5, 0.6) is 5.75 Å². The first kappa shape index (κ1) is 19.9. The maximum absolute atomic E-state index is 12.3. The van der Waals surface area contributed by atoms with E-state index in [2.05, 4.69) is 22.5 Å². The van der Waals surface area contributed by atoms with E-state index in [1.807, 2.05) is 25.1 Å². The van der Waals surface area contributed by atoms with Crippen molar-refractivity contribution >= 4 is 45.0 Å². The first-order chi connectivity index (χ1) is 11.7. The predicted octanol–water partition coefficient (Wildman–Crippen LogP) is 4.08. The second-order valence-electron chi connectivity index (χ2n) is 6.40. The largest absolute Gasteiger partial charge is 0.494 e. The minimum absolute atomic E-state index is 0. The molecule has 0 radical (unpaired) electrons. The molecule has 1 aliphatic rings. The molecule has 1 saturated heterocycles. The number of piperidine rings is 1.